The van der Waals surface area contributed by atoms with Crippen molar-refractivity contribution < 1.29 is 4.39 Å². The quantitative estimate of drug-likeness (QED) is 0.680. The minimum atomic E-state index is -0.185. The largest absolute Gasteiger partial charge is 0.207 e. The minimum absolute atomic E-state index is 0.185. The molecule has 0 aliphatic heterocycles. The van der Waals surface area contributed by atoms with Crippen molar-refractivity contribution in [3.63, 3.8) is 0 Å². The summed E-state index contributed by atoms with van der Waals surface area (Å²) in [5, 5.41) is 0.795. The summed E-state index contributed by atoms with van der Waals surface area (Å²) in [5.74, 6) is -0.185. The maximum Gasteiger partial charge on any atom is 0.123 e. The van der Waals surface area contributed by atoms with E-state index in [-0.39, 0.29) is 5.82 Å². The first-order valence-electron chi connectivity index (χ1n) is 3.72. The van der Waals surface area contributed by atoms with E-state index in [2.05, 4.69) is 15.9 Å². The topological polar surface area (TPSA) is 0 Å². The Balaban J connectivity index is 2.97. The van der Waals surface area contributed by atoms with E-state index < -0.39 is 0 Å². The van der Waals surface area contributed by atoms with Crippen LogP contribution >= 0.6 is 15.9 Å². The fourth-order valence-electron chi connectivity index (χ4n) is 0.962. The molecule has 0 atom stereocenters. The van der Waals surface area contributed by atoms with Crippen LogP contribution in [-0.4, -0.2) is 5.33 Å². The van der Waals surface area contributed by atoms with Gasteiger partial charge in [-0.15, -0.1) is 0 Å². The van der Waals surface area contributed by atoms with Crippen LogP contribution in [0.3, 0.4) is 0 Å². The van der Waals surface area contributed by atoms with Crippen LogP contribution in [0, 0.1) is 12.7 Å². The summed E-state index contributed by atoms with van der Waals surface area (Å²) in [6, 6.07) is 4.79. The van der Waals surface area contributed by atoms with Gasteiger partial charge >= 0.3 is 0 Å². The van der Waals surface area contributed by atoms with E-state index in [0.29, 0.717) is 0 Å². The molecule has 0 heterocycles. The van der Waals surface area contributed by atoms with Crippen LogP contribution in [0.25, 0.3) is 6.08 Å². The highest BCUT2D eigenvalue weighted by Gasteiger charge is 1.95. The fraction of sp³-hybridized carbons (Fsp3) is 0.200. The van der Waals surface area contributed by atoms with Crippen LogP contribution in [0.4, 0.5) is 4.39 Å². The average Bonchev–Trinajstić information content (AvgIpc) is 2.07. The first-order valence-corrected chi connectivity index (χ1v) is 4.85. The highest BCUT2D eigenvalue weighted by Crippen LogP contribution is 2.11. The molecule has 0 saturated carbocycles. The van der Waals surface area contributed by atoms with Crippen LogP contribution in [0.15, 0.2) is 24.3 Å². The summed E-state index contributed by atoms with van der Waals surface area (Å²) >= 11 is 3.27. The molecule has 0 bridgehead atoms. The third kappa shape index (κ3) is 2.45. The summed E-state index contributed by atoms with van der Waals surface area (Å²) in [6.07, 6.45) is 3.86. The molecule has 0 amide bonds. The van der Waals surface area contributed by atoms with Crippen LogP contribution in [0.2, 0.25) is 0 Å². The van der Waals surface area contributed by atoms with Crippen LogP contribution < -0.4 is 0 Å². The van der Waals surface area contributed by atoms with Gasteiger partial charge in [-0.2, -0.15) is 0 Å². The van der Waals surface area contributed by atoms with E-state index in [4.69, 9.17) is 0 Å². The molecule has 12 heavy (non-hydrogen) atoms. The van der Waals surface area contributed by atoms with E-state index in [1.54, 1.807) is 6.07 Å². The van der Waals surface area contributed by atoms with Gasteiger partial charge in [0, 0.05) is 5.33 Å². The Morgan fingerprint density at radius 3 is 2.92 bits per heavy atom. The average molecular weight is 229 g/mol. The Kier molecular flexibility index (Phi) is 3.48. The monoisotopic (exact) mass is 228 g/mol. The lowest BCUT2D eigenvalue weighted by molar-refractivity contribution is 0.627. The molecule has 0 aromatic heterocycles. The summed E-state index contributed by atoms with van der Waals surface area (Å²) < 4.78 is 12.7. The molecule has 0 aliphatic carbocycles. The Bertz CT molecular complexity index is 292. The van der Waals surface area contributed by atoms with Crippen molar-refractivity contribution in [1.82, 2.24) is 0 Å². The van der Waals surface area contributed by atoms with Gasteiger partial charge in [0.05, 0.1) is 0 Å². The van der Waals surface area contributed by atoms with Crippen molar-refractivity contribution in [3.8, 4) is 0 Å². The minimum Gasteiger partial charge on any atom is -0.207 e. The number of allylic oxidation sites excluding steroid dienone is 1. The molecule has 1 aromatic rings. The molecule has 0 nitrogen and oxygen atoms in total. The SMILES string of the molecule is Cc1ccc(F)cc1C=CCBr. The van der Waals surface area contributed by atoms with E-state index >= 15 is 0 Å². The zero-order valence-electron chi connectivity index (χ0n) is 6.85. The van der Waals surface area contributed by atoms with Crippen molar-refractivity contribution in [3.05, 3.63) is 41.2 Å². The third-order valence-corrected chi connectivity index (χ3v) is 2.00. The molecular weight excluding hydrogens is 219 g/mol. The lowest BCUT2D eigenvalue weighted by Gasteiger charge is -1.98. The Morgan fingerprint density at radius 2 is 2.25 bits per heavy atom. The maximum absolute atomic E-state index is 12.7. The van der Waals surface area contributed by atoms with Gasteiger partial charge < -0.3 is 0 Å². The van der Waals surface area contributed by atoms with Gasteiger partial charge in [0.2, 0.25) is 0 Å². The molecule has 1 aromatic carbocycles. The van der Waals surface area contributed by atoms with Gasteiger partial charge in [-0.3, -0.25) is 0 Å². The molecule has 0 radical (unpaired) electrons. The molecule has 2 heteroatoms. The molecule has 1 rings (SSSR count). The second-order valence-corrected chi connectivity index (χ2v) is 3.21. The number of hydrogen-bond acceptors (Lipinski definition) is 0. The van der Waals surface area contributed by atoms with Crippen molar-refractivity contribution in [1.29, 1.82) is 0 Å². The van der Waals surface area contributed by atoms with E-state index in [9.17, 15) is 4.39 Å². The summed E-state index contributed by atoms with van der Waals surface area (Å²) in [4.78, 5) is 0. The van der Waals surface area contributed by atoms with Gasteiger partial charge in [-0.1, -0.05) is 34.1 Å². The highest BCUT2D eigenvalue weighted by atomic mass is 79.9. The van der Waals surface area contributed by atoms with Crippen molar-refractivity contribution >= 4 is 22.0 Å². The number of benzene rings is 1. The van der Waals surface area contributed by atoms with Crippen LogP contribution in [-0.2, 0) is 0 Å². The highest BCUT2D eigenvalue weighted by molar-refractivity contribution is 9.09. The first-order chi connectivity index (χ1) is 5.74. The van der Waals surface area contributed by atoms with Crippen molar-refractivity contribution in [2.75, 3.05) is 5.33 Å². The second-order valence-electron chi connectivity index (χ2n) is 2.56. The first kappa shape index (κ1) is 9.46. The third-order valence-electron chi connectivity index (χ3n) is 1.63. The van der Waals surface area contributed by atoms with Gasteiger partial charge in [0.25, 0.3) is 0 Å². The molecular formula is C10H10BrF. The summed E-state index contributed by atoms with van der Waals surface area (Å²) in [7, 11) is 0. The van der Waals surface area contributed by atoms with E-state index in [1.165, 1.54) is 12.1 Å². The Labute approximate surface area is 80.2 Å². The normalized spacial score (nSPS) is 10.9. The molecule has 0 saturated heterocycles. The predicted octanol–water partition coefficient (Wildman–Crippen LogP) is 3.54. The number of aryl methyl sites for hydroxylation is 1. The number of rotatable bonds is 2. The standard InChI is InChI=1S/C10H10BrF/c1-8-4-5-10(12)7-9(8)3-2-6-11/h2-5,7H,6H2,1H3. The van der Waals surface area contributed by atoms with Gasteiger partial charge in [-0.25, -0.2) is 4.39 Å². The van der Waals surface area contributed by atoms with Gasteiger partial charge in [0.15, 0.2) is 0 Å². The lowest BCUT2D eigenvalue weighted by Crippen LogP contribution is -1.82. The van der Waals surface area contributed by atoms with Gasteiger partial charge in [0.1, 0.15) is 5.82 Å². The molecule has 0 N–H and O–H groups in total. The lowest BCUT2D eigenvalue weighted by atomic mass is 10.1. The molecule has 0 fully saturated rings. The fourth-order valence-corrected chi connectivity index (χ4v) is 1.15. The Hall–Kier alpha value is -0.630. The maximum atomic E-state index is 12.7. The number of hydrogen-bond donors (Lipinski definition) is 0. The summed E-state index contributed by atoms with van der Waals surface area (Å²) in [5.41, 5.74) is 2.03. The van der Waals surface area contributed by atoms with Crippen LogP contribution in [0.5, 0.6) is 0 Å². The zero-order valence-corrected chi connectivity index (χ0v) is 8.44. The van der Waals surface area contributed by atoms with Crippen molar-refractivity contribution in [2.24, 2.45) is 0 Å². The number of halogens is 2. The molecule has 0 aliphatic rings. The smallest absolute Gasteiger partial charge is 0.123 e. The summed E-state index contributed by atoms with van der Waals surface area (Å²) in [6.45, 7) is 1.97. The molecule has 0 unspecified atom stereocenters. The molecule has 0 spiro atoms. The molecule has 64 valence electrons. The number of alkyl halides is 1. The van der Waals surface area contributed by atoms with E-state index in [0.717, 1.165) is 16.5 Å². The predicted molar refractivity (Wildman–Crippen MR) is 54.0 cm³/mol. The second kappa shape index (κ2) is 4.41. The van der Waals surface area contributed by atoms with E-state index in [1.807, 2.05) is 19.1 Å². The van der Waals surface area contributed by atoms with Crippen molar-refractivity contribution in [2.45, 2.75) is 6.92 Å². The van der Waals surface area contributed by atoms with Crippen LogP contribution in [0.1, 0.15) is 11.1 Å². The van der Waals surface area contributed by atoms with Gasteiger partial charge in [-0.05, 0) is 30.2 Å². The Morgan fingerprint density at radius 1 is 1.50 bits per heavy atom. The zero-order chi connectivity index (χ0) is 8.97.